The summed E-state index contributed by atoms with van der Waals surface area (Å²) in [6.07, 6.45) is -6.00. The fourth-order valence-electron chi connectivity index (χ4n) is 1.46. The average molecular weight is 179 g/mol. The lowest BCUT2D eigenvalue weighted by Crippen LogP contribution is -2.52. The second kappa shape index (κ2) is 3.66. The van der Waals surface area contributed by atoms with Crippen molar-refractivity contribution in [3.05, 3.63) is 0 Å². The Balaban J connectivity index is 2.63. The molecule has 5 heteroatoms. The highest BCUT2D eigenvalue weighted by atomic mass is 18.2. The number of alkyl halides is 1. The smallest absolute Gasteiger partial charge is 0.154 e. The van der Waals surface area contributed by atoms with Gasteiger partial charge in [-0.3, -0.25) is 0 Å². The lowest BCUT2D eigenvalue weighted by molar-refractivity contribution is -0.138. The highest BCUT2D eigenvalue weighted by Crippen LogP contribution is 2.27. The van der Waals surface area contributed by atoms with Crippen LogP contribution < -0.4 is 0 Å². The summed E-state index contributed by atoms with van der Waals surface area (Å²) in [4.78, 5) is 0. The molecule has 0 bridgehead atoms. The second-order valence-corrected chi connectivity index (χ2v) is 3.17. The van der Waals surface area contributed by atoms with Crippen molar-refractivity contribution < 1.29 is 24.8 Å². The van der Waals surface area contributed by atoms with E-state index in [1.54, 1.807) is 0 Å². The van der Waals surface area contributed by atoms with Crippen molar-refractivity contribution in [2.45, 2.75) is 30.9 Å². The molecule has 0 radical (unpaired) electrons. The lowest BCUT2D eigenvalue weighted by Gasteiger charge is -2.36. The minimum Gasteiger partial charge on any atom is -0.396 e. The second-order valence-electron chi connectivity index (χ2n) is 3.17. The van der Waals surface area contributed by atoms with Gasteiger partial charge in [0.05, 0.1) is 12.2 Å². The van der Waals surface area contributed by atoms with Gasteiger partial charge < -0.3 is 20.4 Å². The monoisotopic (exact) mass is 179 g/mol. The van der Waals surface area contributed by atoms with Gasteiger partial charge in [-0.05, 0) is 6.42 Å². The predicted octanol–water partition coefficient (Wildman–Crippen LogP) is -1.58. The number of halogens is 1. The van der Waals surface area contributed by atoms with Crippen LogP contribution in [0, 0.1) is 5.92 Å². The minimum absolute atomic E-state index is 0.0180. The molecule has 0 spiro atoms. The summed E-state index contributed by atoms with van der Waals surface area (Å²) in [7, 11) is 0. The SMILES string of the molecule is OCC1CC(O)[C@H]([18F])[C@@H](O)[C@@H]1O. The average Bonchev–Trinajstić information content (AvgIpc) is 2.08. The third-order valence-electron chi connectivity index (χ3n) is 2.31. The van der Waals surface area contributed by atoms with Gasteiger partial charge in [-0.2, -0.15) is 0 Å². The quantitative estimate of drug-likeness (QED) is 0.391. The maximum atomic E-state index is 12.8. The number of hydrogen-bond donors (Lipinski definition) is 4. The zero-order valence-electron chi connectivity index (χ0n) is 6.47. The van der Waals surface area contributed by atoms with Crippen LogP contribution in [0.3, 0.4) is 0 Å². The third kappa shape index (κ3) is 1.59. The zero-order valence-corrected chi connectivity index (χ0v) is 6.47. The first-order chi connectivity index (χ1) is 5.57. The Labute approximate surface area is 69.3 Å². The molecule has 1 fully saturated rings. The number of hydrogen-bond acceptors (Lipinski definition) is 4. The summed E-state index contributed by atoms with van der Waals surface area (Å²) in [6.45, 7) is -0.359. The van der Waals surface area contributed by atoms with Crippen LogP contribution >= 0.6 is 0 Å². The molecule has 2 unspecified atom stereocenters. The van der Waals surface area contributed by atoms with E-state index >= 15 is 0 Å². The molecular weight excluding hydrogens is 166 g/mol. The van der Waals surface area contributed by atoms with Gasteiger partial charge in [-0.1, -0.05) is 0 Å². The number of aliphatic hydroxyl groups is 4. The van der Waals surface area contributed by atoms with E-state index in [-0.39, 0.29) is 13.0 Å². The van der Waals surface area contributed by atoms with E-state index in [1.165, 1.54) is 0 Å². The molecule has 5 atom stereocenters. The molecule has 1 rings (SSSR count). The predicted molar refractivity (Wildman–Crippen MR) is 38.1 cm³/mol. The molecule has 4 nitrogen and oxygen atoms in total. The normalized spacial score (nSPS) is 49.2. The maximum absolute atomic E-state index is 12.8. The van der Waals surface area contributed by atoms with Crippen LogP contribution in [0.4, 0.5) is 4.39 Å². The standard InChI is InChI=1S/C7H13FO4/c8-5-4(10)1-3(2-9)6(11)7(5)12/h3-7,9-12H,1-2H2/t3?,4?,5-,6+,7+/m0/s1/i8-1. The molecule has 0 aromatic heterocycles. The van der Waals surface area contributed by atoms with Crippen molar-refractivity contribution in [2.75, 3.05) is 6.61 Å². The highest BCUT2D eigenvalue weighted by molar-refractivity contribution is 4.92. The van der Waals surface area contributed by atoms with Crippen molar-refractivity contribution in [1.82, 2.24) is 0 Å². The van der Waals surface area contributed by atoms with Crippen molar-refractivity contribution in [3.63, 3.8) is 0 Å². The molecular formula is C7H13FO4. The van der Waals surface area contributed by atoms with Crippen LogP contribution in [0.1, 0.15) is 6.42 Å². The van der Waals surface area contributed by atoms with Gasteiger partial charge in [0.25, 0.3) is 0 Å². The molecule has 72 valence electrons. The first kappa shape index (κ1) is 9.85. The molecule has 1 saturated carbocycles. The van der Waals surface area contributed by atoms with E-state index in [2.05, 4.69) is 0 Å². The van der Waals surface area contributed by atoms with Crippen molar-refractivity contribution >= 4 is 0 Å². The van der Waals surface area contributed by atoms with Crippen LogP contribution in [-0.4, -0.2) is 51.5 Å². The topological polar surface area (TPSA) is 80.9 Å². The van der Waals surface area contributed by atoms with E-state index in [4.69, 9.17) is 20.4 Å². The van der Waals surface area contributed by atoms with E-state index in [0.29, 0.717) is 0 Å². The van der Waals surface area contributed by atoms with Crippen molar-refractivity contribution in [1.29, 1.82) is 0 Å². The summed E-state index contributed by atoms with van der Waals surface area (Å²) >= 11 is 0. The fourth-order valence-corrected chi connectivity index (χ4v) is 1.46. The fraction of sp³-hybridized carbons (Fsp3) is 1.00. The van der Waals surface area contributed by atoms with E-state index in [9.17, 15) is 4.39 Å². The summed E-state index contributed by atoms with van der Waals surface area (Å²) in [5.74, 6) is -0.637. The molecule has 12 heavy (non-hydrogen) atoms. The van der Waals surface area contributed by atoms with Crippen LogP contribution in [0.2, 0.25) is 0 Å². The van der Waals surface area contributed by atoms with Crippen molar-refractivity contribution in [2.24, 2.45) is 5.92 Å². The van der Waals surface area contributed by atoms with E-state index in [1.807, 2.05) is 0 Å². The Kier molecular flexibility index (Phi) is 3.00. The molecule has 0 saturated heterocycles. The minimum atomic E-state index is -1.82. The lowest BCUT2D eigenvalue weighted by atomic mass is 9.82. The van der Waals surface area contributed by atoms with Gasteiger partial charge in [-0.15, -0.1) is 0 Å². The first-order valence-corrected chi connectivity index (χ1v) is 3.87. The number of aliphatic hydroxyl groups excluding tert-OH is 4. The molecule has 0 amide bonds. The zero-order chi connectivity index (χ0) is 9.30. The third-order valence-corrected chi connectivity index (χ3v) is 2.31. The van der Waals surface area contributed by atoms with Crippen LogP contribution in [0.25, 0.3) is 0 Å². The Morgan fingerprint density at radius 1 is 1.17 bits per heavy atom. The Hall–Kier alpha value is -0.230. The van der Waals surface area contributed by atoms with Gasteiger partial charge in [0.2, 0.25) is 0 Å². The Morgan fingerprint density at radius 3 is 2.25 bits per heavy atom. The van der Waals surface area contributed by atoms with Gasteiger partial charge in [0, 0.05) is 12.5 Å². The summed E-state index contributed by atoms with van der Waals surface area (Å²) < 4.78 is 12.8. The molecule has 0 aliphatic heterocycles. The Bertz CT molecular complexity index is 150. The van der Waals surface area contributed by atoms with E-state index in [0.717, 1.165) is 0 Å². The van der Waals surface area contributed by atoms with Gasteiger partial charge >= 0.3 is 0 Å². The maximum Gasteiger partial charge on any atom is 0.154 e. The molecule has 4 N–H and O–H groups in total. The molecule has 0 aromatic rings. The highest BCUT2D eigenvalue weighted by Gasteiger charge is 2.42. The molecule has 0 heterocycles. The van der Waals surface area contributed by atoms with Crippen LogP contribution in [0.15, 0.2) is 0 Å². The van der Waals surface area contributed by atoms with Gasteiger partial charge in [0.15, 0.2) is 6.17 Å². The van der Waals surface area contributed by atoms with Gasteiger partial charge in [-0.25, -0.2) is 4.39 Å². The first-order valence-electron chi connectivity index (χ1n) is 3.87. The largest absolute Gasteiger partial charge is 0.396 e. The number of rotatable bonds is 1. The summed E-state index contributed by atoms with van der Waals surface area (Å²) in [5.41, 5.74) is 0. The molecule has 1 aliphatic rings. The van der Waals surface area contributed by atoms with Gasteiger partial charge in [0.1, 0.15) is 6.10 Å². The van der Waals surface area contributed by atoms with E-state index < -0.39 is 30.4 Å². The van der Waals surface area contributed by atoms with Crippen LogP contribution in [-0.2, 0) is 0 Å². The Morgan fingerprint density at radius 2 is 1.75 bits per heavy atom. The van der Waals surface area contributed by atoms with Crippen LogP contribution in [0.5, 0.6) is 0 Å². The summed E-state index contributed by atoms with van der Waals surface area (Å²) in [6, 6.07) is 0. The molecule has 0 aromatic carbocycles. The molecule has 1 aliphatic carbocycles. The van der Waals surface area contributed by atoms with Crippen molar-refractivity contribution in [3.8, 4) is 0 Å². The summed E-state index contributed by atoms with van der Waals surface area (Å²) in [5, 5.41) is 35.9.